The highest BCUT2D eigenvalue weighted by molar-refractivity contribution is 6.09. The zero-order valence-electron chi connectivity index (χ0n) is 9.99. The van der Waals surface area contributed by atoms with Gasteiger partial charge >= 0.3 is 0 Å². The molecular weight excluding hydrogens is 214 g/mol. The fourth-order valence-electron chi connectivity index (χ4n) is 2.14. The minimum absolute atomic E-state index is 0.388. The second-order valence-electron chi connectivity index (χ2n) is 3.88. The number of rotatable bonds is 3. The van der Waals surface area contributed by atoms with Crippen LogP contribution in [0.5, 0.6) is 5.75 Å². The maximum Gasteiger partial charge on any atom is 0.249 e. The predicted octanol–water partition coefficient (Wildman–Crippen LogP) is 2.51. The number of amides is 1. The van der Waals surface area contributed by atoms with Crippen LogP contribution in [0.2, 0.25) is 0 Å². The molecule has 3 heteroatoms. The zero-order chi connectivity index (χ0) is 12.4. The quantitative estimate of drug-likeness (QED) is 0.879. The van der Waals surface area contributed by atoms with Crippen LogP contribution in [-0.2, 0) is 6.42 Å². The molecule has 0 bridgehead atoms. The number of primary amides is 1. The molecule has 0 radical (unpaired) electrons. The largest absolute Gasteiger partial charge is 0.496 e. The predicted molar refractivity (Wildman–Crippen MR) is 68.4 cm³/mol. The van der Waals surface area contributed by atoms with Gasteiger partial charge in [0.2, 0.25) is 5.91 Å². The highest BCUT2D eigenvalue weighted by atomic mass is 16.5. The van der Waals surface area contributed by atoms with Gasteiger partial charge in [0.15, 0.2) is 0 Å². The highest BCUT2D eigenvalue weighted by Crippen LogP contribution is 2.31. The molecular formula is C14H15NO2. The molecule has 0 heterocycles. The summed E-state index contributed by atoms with van der Waals surface area (Å²) < 4.78 is 5.35. The van der Waals surface area contributed by atoms with Crippen molar-refractivity contribution in [1.29, 1.82) is 0 Å². The molecule has 0 spiro atoms. The normalized spacial score (nSPS) is 10.5. The molecule has 0 atom stereocenters. The van der Waals surface area contributed by atoms with Gasteiger partial charge in [-0.25, -0.2) is 0 Å². The van der Waals surface area contributed by atoms with Crippen molar-refractivity contribution in [3.8, 4) is 5.75 Å². The number of ether oxygens (including phenoxy) is 1. The smallest absolute Gasteiger partial charge is 0.249 e. The van der Waals surface area contributed by atoms with E-state index in [1.807, 2.05) is 37.3 Å². The van der Waals surface area contributed by atoms with Crippen LogP contribution in [0.1, 0.15) is 22.8 Å². The van der Waals surface area contributed by atoms with E-state index in [1.54, 1.807) is 7.11 Å². The lowest BCUT2D eigenvalue weighted by Gasteiger charge is -2.12. The van der Waals surface area contributed by atoms with Crippen molar-refractivity contribution in [3.05, 3.63) is 41.5 Å². The molecule has 0 fully saturated rings. The Kier molecular flexibility index (Phi) is 3.00. The summed E-state index contributed by atoms with van der Waals surface area (Å²) in [6.07, 6.45) is 0.749. The van der Waals surface area contributed by atoms with Crippen molar-refractivity contribution in [3.63, 3.8) is 0 Å². The Morgan fingerprint density at radius 1 is 1.29 bits per heavy atom. The van der Waals surface area contributed by atoms with E-state index in [0.717, 1.165) is 28.5 Å². The van der Waals surface area contributed by atoms with Gasteiger partial charge in [-0.1, -0.05) is 31.2 Å². The molecule has 0 aliphatic rings. The summed E-state index contributed by atoms with van der Waals surface area (Å²) in [4.78, 5) is 11.6. The lowest BCUT2D eigenvalue weighted by atomic mass is 9.96. The summed E-state index contributed by atoms with van der Waals surface area (Å²) in [6.45, 7) is 2.00. The van der Waals surface area contributed by atoms with E-state index in [2.05, 4.69) is 0 Å². The molecule has 3 nitrogen and oxygen atoms in total. The Morgan fingerprint density at radius 2 is 1.94 bits per heavy atom. The van der Waals surface area contributed by atoms with Gasteiger partial charge in [-0.15, -0.1) is 0 Å². The third-order valence-corrected chi connectivity index (χ3v) is 2.94. The highest BCUT2D eigenvalue weighted by Gasteiger charge is 2.14. The van der Waals surface area contributed by atoms with Crippen molar-refractivity contribution >= 4 is 16.7 Å². The lowest BCUT2D eigenvalue weighted by molar-refractivity contribution is 0.100. The van der Waals surface area contributed by atoms with Crippen molar-refractivity contribution in [1.82, 2.24) is 0 Å². The van der Waals surface area contributed by atoms with Gasteiger partial charge in [0.1, 0.15) is 5.75 Å². The standard InChI is InChI=1S/C14H15NO2/c1-3-9-8-12(17-2)10-6-4-5-7-11(10)13(9)14(15)16/h4-8H,3H2,1-2H3,(H2,15,16). The number of hydrogen-bond donors (Lipinski definition) is 1. The van der Waals surface area contributed by atoms with Gasteiger partial charge in [0.05, 0.1) is 12.7 Å². The zero-order valence-corrected chi connectivity index (χ0v) is 9.99. The topological polar surface area (TPSA) is 52.3 Å². The molecule has 2 aromatic carbocycles. The molecule has 0 saturated heterocycles. The third kappa shape index (κ3) is 1.84. The van der Waals surface area contributed by atoms with E-state index in [9.17, 15) is 4.79 Å². The van der Waals surface area contributed by atoms with Crippen molar-refractivity contribution in [2.24, 2.45) is 5.73 Å². The fourth-order valence-corrected chi connectivity index (χ4v) is 2.14. The van der Waals surface area contributed by atoms with Gasteiger partial charge in [0, 0.05) is 5.39 Å². The molecule has 1 amide bonds. The Labute approximate surface area is 100 Å². The van der Waals surface area contributed by atoms with Gasteiger partial charge in [-0.3, -0.25) is 4.79 Å². The van der Waals surface area contributed by atoms with E-state index >= 15 is 0 Å². The van der Waals surface area contributed by atoms with Gasteiger partial charge in [-0.2, -0.15) is 0 Å². The van der Waals surface area contributed by atoms with Gasteiger partial charge < -0.3 is 10.5 Å². The summed E-state index contributed by atoms with van der Waals surface area (Å²) in [6, 6.07) is 9.54. The van der Waals surface area contributed by atoms with Gasteiger partial charge in [-0.05, 0) is 23.4 Å². The van der Waals surface area contributed by atoms with Crippen LogP contribution in [0.4, 0.5) is 0 Å². The van der Waals surface area contributed by atoms with Crippen molar-refractivity contribution in [2.75, 3.05) is 7.11 Å². The first kappa shape index (κ1) is 11.5. The maximum absolute atomic E-state index is 11.6. The van der Waals surface area contributed by atoms with E-state index in [4.69, 9.17) is 10.5 Å². The van der Waals surface area contributed by atoms with Gasteiger partial charge in [0.25, 0.3) is 0 Å². The first-order valence-electron chi connectivity index (χ1n) is 5.57. The fraction of sp³-hybridized carbons (Fsp3) is 0.214. The van der Waals surface area contributed by atoms with Crippen LogP contribution in [-0.4, -0.2) is 13.0 Å². The molecule has 17 heavy (non-hydrogen) atoms. The minimum atomic E-state index is -0.388. The number of aryl methyl sites for hydroxylation is 1. The van der Waals surface area contributed by atoms with E-state index in [1.165, 1.54) is 0 Å². The van der Waals surface area contributed by atoms with Crippen LogP contribution < -0.4 is 10.5 Å². The number of nitrogens with two attached hydrogens (primary N) is 1. The Bertz CT molecular complexity index is 576. The number of carbonyl (C=O) groups is 1. The van der Waals surface area contributed by atoms with Crippen LogP contribution in [0.3, 0.4) is 0 Å². The van der Waals surface area contributed by atoms with E-state index in [0.29, 0.717) is 5.56 Å². The second-order valence-corrected chi connectivity index (χ2v) is 3.88. The summed E-state index contributed by atoms with van der Waals surface area (Å²) >= 11 is 0. The molecule has 0 aliphatic heterocycles. The van der Waals surface area contributed by atoms with Crippen molar-refractivity contribution < 1.29 is 9.53 Å². The van der Waals surface area contributed by atoms with Crippen LogP contribution in [0.25, 0.3) is 10.8 Å². The minimum Gasteiger partial charge on any atom is -0.496 e. The van der Waals surface area contributed by atoms with Crippen LogP contribution in [0.15, 0.2) is 30.3 Å². The Hall–Kier alpha value is -2.03. The average Bonchev–Trinajstić information content (AvgIpc) is 2.36. The van der Waals surface area contributed by atoms with Crippen LogP contribution in [0, 0.1) is 0 Å². The molecule has 2 aromatic rings. The molecule has 0 aromatic heterocycles. The number of carbonyl (C=O) groups excluding carboxylic acids is 1. The molecule has 0 saturated carbocycles. The number of hydrogen-bond acceptors (Lipinski definition) is 2. The van der Waals surface area contributed by atoms with E-state index < -0.39 is 0 Å². The summed E-state index contributed by atoms with van der Waals surface area (Å²) in [5, 5.41) is 1.78. The number of methoxy groups -OCH3 is 1. The SMILES string of the molecule is CCc1cc(OC)c2ccccc2c1C(N)=O. The monoisotopic (exact) mass is 229 g/mol. The number of benzene rings is 2. The lowest BCUT2D eigenvalue weighted by Crippen LogP contribution is -2.14. The summed E-state index contributed by atoms with van der Waals surface area (Å²) in [5.41, 5.74) is 6.99. The number of fused-ring (bicyclic) bond motifs is 1. The molecule has 0 aliphatic carbocycles. The first-order valence-corrected chi connectivity index (χ1v) is 5.57. The first-order chi connectivity index (χ1) is 8.19. The molecule has 0 unspecified atom stereocenters. The van der Waals surface area contributed by atoms with E-state index in [-0.39, 0.29) is 5.91 Å². The average molecular weight is 229 g/mol. The maximum atomic E-state index is 11.6. The Balaban J connectivity index is 2.90. The molecule has 2 N–H and O–H groups in total. The summed E-state index contributed by atoms with van der Waals surface area (Å²) in [5.74, 6) is 0.392. The third-order valence-electron chi connectivity index (χ3n) is 2.94. The van der Waals surface area contributed by atoms with Crippen LogP contribution >= 0.6 is 0 Å². The van der Waals surface area contributed by atoms with Crippen molar-refractivity contribution in [2.45, 2.75) is 13.3 Å². The second kappa shape index (κ2) is 4.45. The summed E-state index contributed by atoms with van der Waals surface area (Å²) in [7, 11) is 1.63. The Morgan fingerprint density at radius 3 is 2.47 bits per heavy atom. The molecule has 88 valence electrons. The molecule has 2 rings (SSSR count).